The summed E-state index contributed by atoms with van der Waals surface area (Å²) < 4.78 is 11.6. The topological polar surface area (TPSA) is 56.3 Å². The van der Waals surface area contributed by atoms with Gasteiger partial charge in [-0.1, -0.05) is 6.92 Å². The number of aromatic nitrogens is 2. The lowest BCUT2D eigenvalue weighted by Gasteiger charge is -2.22. The van der Waals surface area contributed by atoms with Crippen molar-refractivity contribution in [2.75, 3.05) is 25.1 Å². The number of rotatable bonds is 6. The second-order valence-corrected chi connectivity index (χ2v) is 6.11. The van der Waals surface area contributed by atoms with Gasteiger partial charge in [-0.05, 0) is 37.1 Å². The van der Waals surface area contributed by atoms with Crippen molar-refractivity contribution in [1.82, 2.24) is 9.97 Å². The highest BCUT2D eigenvalue weighted by atomic mass is 32.1. The summed E-state index contributed by atoms with van der Waals surface area (Å²) in [6.07, 6.45) is 4.67. The van der Waals surface area contributed by atoms with Gasteiger partial charge < -0.3 is 14.8 Å². The van der Waals surface area contributed by atoms with E-state index >= 15 is 0 Å². The summed E-state index contributed by atoms with van der Waals surface area (Å²) >= 11 is 1.61. The first-order chi connectivity index (χ1) is 10.4. The minimum atomic E-state index is 0.189. The molecule has 21 heavy (non-hydrogen) atoms. The standard InChI is InChI=1S/C15H21N3O2S/c1-2-7-16-15-17-13(12-6-9-21-14(12)18-15)20-10-11-5-3-4-8-19-11/h6,9,11H,2-5,7-8,10H2,1H3,(H,16,17,18). The number of nitrogens with zero attached hydrogens (tertiary/aromatic N) is 2. The lowest BCUT2D eigenvalue weighted by Crippen LogP contribution is -2.26. The molecular formula is C15H21N3O2S. The normalized spacial score (nSPS) is 18.8. The van der Waals surface area contributed by atoms with Crippen molar-refractivity contribution in [2.45, 2.75) is 38.7 Å². The Morgan fingerprint density at radius 1 is 1.43 bits per heavy atom. The van der Waals surface area contributed by atoms with Gasteiger partial charge in [0.15, 0.2) is 0 Å². The molecule has 1 atom stereocenters. The van der Waals surface area contributed by atoms with Crippen LogP contribution in [0.15, 0.2) is 11.4 Å². The SMILES string of the molecule is CCCNc1nc(OCC2CCCCO2)c2ccsc2n1. The molecule has 0 radical (unpaired) electrons. The van der Waals surface area contributed by atoms with Crippen molar-refractivity contribution in [3.63, 3.8) is 0 Å². The highest BCUT2D eigenvalue weighted by molar-refractivity contribution is 7.16. The van der Waals surface area contributed by atoms with Crippen LogP contribution in [-0.4, -0.2) is 35.8 Å². The Hall–Kier alpha value is -1.40. The van der Waals surface area contributed by atoms with Gasteiger partial charge in [0, 0.05) is 13.2 Å². The molecule has 3 rings (SSSR count). The van der Waals surface area contributed by atoms with E-state index in [1.54, 1.807) is 11.3 Å². The van der Waals surface area contributed by atoms with Crippen LogP contribution in [0.1, 0.15) is 32.6 Å². The first-order valence-electron chi connectivity index (χ1n) is 7.60. The van der Waals surface area contributed by atoms with Gasteiger partial charge in [0.2, 0.25) is 11.8 Å². The molecule has 114 valence electrons. The van der Waals surface area contributed by atoms with Crippen molar-refractivity contribution >= 4 is 27.5 Å². The molecule has 0 amide bonds. The molecule has 1 aliphatic rings. The van der Waals surface area contributed by atoms with Crippen LogP contribution < -0.4 is 10.1 Å². The molecule has 2 aromatic rings. The Morgan fingerprint density at radius 3 is 3.19 bits per heavy atom. The molecule has 0 saturated carbocycles. The quantitative estimate of drug-likeness (QED) is 0.885. The molecule has 1 unspecified atom stereocenters. The first-order valence-corrected chi connectivity index (χ1v) is 8.48. The predicted octanol–water partition coefficient (Wildman–Crippen LogP) is 3.46. The van der Waals surface area contributed by atoms with Gasteiger partial charge in [-0.3, -0.25) is 0 Å². The zero-order chi connectivity index (χ0) is 14.5. The summed E-state index contributed by atoms with van der Waals surface area (Å²) in [5.41, 5.74) is 0. The van der Waals surface area contributed by atoms with Crippen LogP contribution in [0.3, 0.4) is 0 Å². The van der Waals surface area contributed by atoms with Gasteiger partial charge in [0.1, 0.15) is 11.4 Å². The highest BCUT2D eigenvalue weighted by Gasteiger charge is 2.16. The van der Waals surface area contributed by atoms with E-state index in [1.807, 2.05) is 11.4 Å². The largest absolute Gasteiger partial charge is 0.474 e. The predicted molar refractivity (Wildman–Crippen MR) is 85.3 cm³/mol. The van der Waals surface area contributed by atoms with Crippen LogP contribution in [0.5, 0.6) is 5.88 Å². The fourth-order valence-corrected chi connectivity index (χ4v) is 3.12. The van der Waals surface area contributed by atoms with Gasteiger partial charge in [0.25, 0.3) is 0 Å². The van der Waals surface area contributed by atoms with Crippen molar-refractivity contribution in [2.24, 2.45) is 0 Å². The monoisotopic (exact) mass is 307 g/mol. The molecular weight excluding hydrogens is 286 g/mol. The third-order valence-corrected chi connectivity index (χ3v) is 4.31. The average Bonchev–Trinajstić information content (AvgIpc) is 3.00. The lowest BCUT2D eigenvalue weighted by atomic mass is 10.1. The number of fused-ring (bicyclic) bond motifs is 1. The molecule has 1 aliphatic heterocycles. The maximum atomic E-state index is 5.93. The van der Waals surface area contributed by atoms with E-state index in [9.17, 15) is 0 Å². The molecule has 0 spiro atoms. The smallest absolute Gasteiger partial charge is 0.227 e. The van der Waals surface area contributed by atoms with E-state index in [2.05, 4.69) is 22.2 Å². The second-order valence-electron chi connectivity index (χ2n) is 5.22. The maximum absolute atomic E-state index is 5.93. The minimum Gasteiger partial charge on any atom is -0.474 e. The Bertz CT molecular complexity index is 581. The summed E-state index contributed by atoms with van der Waals surface area (Å²) in [7, 11) is 0. The third kappa shape index (κ3) is 3.63. The van der Waals surface area contributed by atoms with Crippen LogP contribution in [0.4, 0.5) is 5.95 Å². The number of thiophene rings is 1. The fraction of sp³-hybridized carbons (Fsp3) is 0.600. The van der Waals surface area contributed by atoms with Gasteiger partial charge >= 0.3 is 0 Å². The number of ether oxygens (including phenoxy) is 2. The number of hydrogen-bond donors (Lipinski definition) is 1. The number of anilines is 1. The van der Waals surface area contributed by atoms with E-state index in [4.69, 9.17) is 9.47 Å². The van der Waals surface area contributed by atoms with E-state index < -0.39 is 0 Å². The summed E-state index contributed by atoms with van der Waals surface area (Å²) in [6, 6.07) is 2.01. The van der Waals surface area contributed by atoms with E-state index in [-0.39, 0.29) is 6.10 Å². The summed E-state index contributed by atoms with van der Waals surface area (Å²) in [5, 5.41) is 6.23. The van der Waals surface area contributed by atoms with Gasteiger partial charge in [-0.25, -0.2) is 4.98 Å². The molecule has 1 fully saturated rings. The Labute approximate surface area is 128 Å². The van der Waals surface area contributed by atoms with E-state index in [0.29, 0.717) is 18.4 Å². The Kier molecular flexibility index (Phi) is 4.87. The summed E-state index contributed by atoms with van der Waals surface area (Å²) in [6.45, 7) is 4.39. The van der Waals surface area contributed by atoms with Crippen LogP contribution in [-0.2, 0) is 4.74 Å². The van der Waals surface area contributed by atoms with Crippen LogP contribution >= 0.6 is 11.3 Å². The van der Waals surface area contributed by atoms with Gasteiger partial charge in [-0.15, -0.1) is 11.3 Å². The average molecular weight is 307 g/mol. The molecule has 2 aromatic heterocycles. The molecule has 6 heteroatoms. The van der Waals surface area contributed by atoms with Crippen LogP contribution in [0.25, 0.3) is 10.2 Å². The lowest BCUT2D eigenvalue weighted by molar-refractivity contribution is -0.0116. The number of nitrogens with one attached hydrogen (secondary N) is 1. The summed E-state index contributed by atoms with van der Waals surface area (Å²) in [4.78, 5) is 9.98. The molecule has 1 saturated heterocycles. The van der Waals surface area contributed by atoms with E-state index in [0.717, 1.165) is 42.6 Å². The second kappa shape index (κ2) is 7.04. The number of hydrogen-bond acceptors (Lipinski definition) is 6. The molecule has 0 bridgehead atoms. The highest BCUT2D eigenvalue weighted by Crippen LogP contribution is 2.28. The van der Waals surface area contributed by atoms with Crippen molar-refractivity contribution in [1.29, 1.82) is 0 Å². The zero-order valence-electron chi connectivity index (χ0n) is 12.3. The fourth-order valence-electron chi connectivity index (χ4n) is 2.36. The van der Waals surface area contributed by atoms with Crippen molar-refractivity contribution in [3.05, 3.63) is 11.4 Å². The zero-order valence-corrected chi connectivity index (χ0v) is 13.1. The first kappa shape index (κ1) is 14.5. The van der Waals surface area contributed by atoms with Gasteiger partial charge in [-0.2, -0.15) is 4.98 Å². The van der Waals surface area contributed by atoms with Crippen molar-refractivity contribution in [3.8, 4) is 5.88 Å². The third-order valence-electron chi connectivity index (χ3n) is 3.50. The molecule has 1 N–H and O–H groups in total. The van der Waals surface area contributed by atoms with Crippen LogP contribution in [0.2, 0.25) is 0 Å². The minimum absolute atomic E-state index is 0.189. The van der Waals surface area contributed by atoms with Crippen molar-refractivity contribution < 1.29 is 9.47 Å². The van der Waals surface area contributed by atoms with E-state index in [1.165, 1.54) is 6.42 Å². The van der Waals surface area contributed by atoms with Gasteiger partial charge in [0.05, 0.1) is 11.5 Å². The summed E-state index contributed by atoms with van der Waals surface area (Å²) in [5.74, 6) is 1.31. The molecule has 0 aromatic carbocycles. The Morgan fingerprint density at radius 2 is 2.38 bits per heavy atom. The molecule has 0 aliphatic carbocycles. The molecule has 3 heterocycles. The molecule has 5 nitrogen and oxygen atoms in total. The maximum Gasteiger partial charge on any atom is 0.227 e. The Balaban J connectivity index is 1.73. The van der Waals surface area contributed by atoms with Crippen LogP contribution in [0, 0.1) is 0 Å².